The summed E-state index contributed by atoms with van der Waals surface area (Å²) in [6, 6.07) is 5.05. The Morgan fingerprint density at radius 3 is 2.38 bits per heavy atom. The predicted molar refractivity (Wildman–Crippen MR) is 74.8 cm³/mol. The lowest BCUT2D eigenvalue weighted by atomic mass is 10.0. The van der Waals surface area contributed by atoms with E-state index in [2.05, 4.69) is 61.1 Å². The van der Waals surface area contributed by atoms with E-state index in [4.69, 9.17) is 0 Å². The molecular weight excluding hydrogens is 262 g/mol. The zero-order valence-corrected chi connectivity index (χ0v) is 12.3. The maximum atomic E-state index is 3.64. The van der Waals surface area contributed by atoms with Crippen LogP contribution in [-0.4, -0.2) is 6.04 Å². The fourth-order valence-corrected chi connectivity index (χ4v) is 2.27. The van der Waals surface area contributed by atoms with Crippen molar-refractivity contribution >= 4 is 15.9 Å². The molecule has 1 aromatic carbocycles. The van der Waals surface area contributed by atoms with Gasteiger partial charge >= 0.3 is 0 Å². The molecule has 0 aliphatic carbocycles. The SMILES string of the molecule is CCC(CC)NCc1ccc(C)c(Br)c1C. The quantitative estimate of drug-likeness (QED) is 0.848. The van der Waals surface area contributed by atoms with Gasteiger partial charge in [-0.2, -0.15) is 0 Å². The third-order valence-electron chi connectivity index (χ3n) is 3.26. The number of rotatable bonds is 5. The first-order valence-electron chi connectivity index (χ1n) is 6.08. The number of aryl methyl sites for hydroxylation is 1. The van der Waals surface area contributed by atoms with Gasteiger partial charge in [-0.25, -0.2) is 0 Å². The van der Waals surface area contributed by atoms with E-state index in [0.717, 1.165) is 6.54 Å². The molecule has 2 heteroatoms. The van der Waals surface area contributed by atoms with Crippen molar-refractivity contribution in [2.24, 2.45) is 0 Å². The van der Waals surface area contributed by atoms with Crippen LogP contribution >= 0.6 is 15.9 Å². The molecule has 0 heterocycles. The van der Waals surface area contributed by atoms with Gasteiger partial charge in [-0.15, -0.1) is 0 Å². The average molecular weight is 284 g/mol. The van der Waals surface area contributed by atoms with Crippen LogP contribution in [0.3, 0.4) is 0 Å². The molecule has 0 aromatic heterocycles. The second-order valence-corrected chi connectivity index (χ2v) is 5.17. The smallest absolute Gasteiger partial charge is 0.0236 e. The van der Waals surface area contributed by atoms with Crippen molar-refractivity contribution in [3.63, 3.8) is 0 Å². The largest absolute Gasteiger partial charge is 0.310 e. The molecule has 0 amide bonds. The molecule has 90 valence electrons. The highest BCUT2D eigenvalue weighted by Crippen LogP contribution is 2.23. The van der Waals surface area contributed by atoms with Crippen LogP contribution in [0.5, 0.6) is 0 Å². The van der Waals surface area contributed by atoms with E-state index in [9.17, 15) is 0 Å². The molecule has 1 nitrogen and oxygen atoms in total. The highest BCUT2D eigenvalue weighted by molar-refractivity contribution is 9.10. The molecule has 0 fully saturated rings. The Bertz CT molecular complexity index is 343. The highest BCUT2D eigenvalue weighted by atomic mass is 79.9. The molecule has 0 aliphatic rings. The first-order valence-corrected chi connectivity index (χ1v) is 6.87. The standard InChI is InChI=1S/C14H22BrN/c1-5-13(6-2)16-9-12-8-7-10(3)14(15)11(12)4/h7-8,13,16H,5-6,9H2,1-4H3. The minimum absolute atomic E-state index is 0.638. The van der Waals surface area contributed by atoms with Gasteiger partial charge in [-0.05, 0) is 43.4 Å². The van der Waals surface area contributed by atoms with Crippen LogP contribution in [0.1, 0.15) is 43.4 Å². The van der Waals surface area contributed by atoms with Gasteiger partial charge in [0.05, 0.1) is 0 Å². The van der Waals surface area contributed by atoms with Gasteiger partial charge < -0.3 is 5.32 Å². The van der Waals surface area contributed by atoms with Crippen LogP contribution in [-0.2, 0) is 6.54 Å². The molecule has 1 N–H and O–H groups in total. The second-order valence-electron chi connectivity index (χ2n) is 4.37. The molecule has 0 radical (unpaired) electrons. The lowest BCUT2D eigenvalue weighted by molar-refractivity contribution is 0.483. The summed E-state index contributed by atoms with van der Waals surface area (Å²) >= 11 is 3.64. The van der Waals surface area contributed by atoms with Crippen LogP contribution in [0.4, 0.5) is 0 Å². The molecule has 1 aromatic rings. The Labute approximate surface area is 108 Å². The summed E-state index contributed by atoms with van der Waals surface area (Å²) in [5, 5.41) is 3.60. The Balaban J connectivity index is 2.71. The number of halogens is 1. The monoisotopic (exact) mass is 283 g/mol. The first kappa shape index (κ1) is 13.7. The minimum atomic E-state index is 0.638. The van der Waals surface area contributed by atoms with Crippen LogP contribution in [0, 0.1) is 13.8 Å². The van der Waals surface area contributed by atoms with Gasteiger partial charge in [0.2, 0.25) is 0 Å². The van der Waals surface area contributed by atoms with Gasteiger partial charge in [0.15, 0.2) is 0 Å². The highest BCUT2D eigenvalue weighted by Gasteiger charge is 2.07. The number of nitrogens with one attached hydrogen (secondary N) is 1. The number of hydrogen-bond donors (Lipinski definition) is 1. The average Bonchev–Trinajstić information content (AvgIpc) is 2.30. The van der Waals surface area contributed by atoms with Gasteiger partial charge in [0.25, 0.3) is 0 Å². The Morgan fingerprint density at radius 2 is 1.81 bits per heavy atom. The Hall–Kier alpha value is -0.340. The summed E-state index contributed by atoms with van der Waals surface area (Å²) < 4.78 is 1.25. The van der Waals surface area contributed by atoms with E-state index in [1.165, 1.54) is 34.0 Å². The van der Waals surface area contributed by atoms with Gasteiger partial charge in [-0.1, -0.05) is 41.9 Å². The van der Waals surface area contributed by atoms with E-state index in [1.54, 1.807) is 0 Å². The van der Waals surface area contributed by atoms with Crippen LogP contribution < -0.4 is 5.32 Å². The van der Waals surface area contributed by atoms with Gasteiger partial charge in [0.1, 0.15) is 0 Å². The maximum Gasteiger partial charge on any atom is 0.0236 e. The summed E-state index contributed by atoms with van der Waals surface area (Å²) in [7, 11) is 0. The summed E-state index contributed by atoms with van der Waals surface area (Å²) in [5.41, 5.74) is 4.06. The molecule has 0 atom stereocenters. The third kappa shape index (κ3) is 3.33. The van der Waals surface area contributed by atoms with Gasteiger partial charge in [0, 0.05) is 17.1 Å². The van der Waals surface area contributed by atoms with Crippen molar-refractivity contribution in [2.45, 2.75) is 53.1 Å². The second kappa shape index (κ2) is 6.41. The maximum absolute atomic E-state index is 3.64. The van der Waals surface area contributed by atoms with Crippen LogP contribution in [0.25, 0.3) is 0 Å². The summed E-state index contributed by atoms with van der Waals surface area (Å²) in [5.74, 6) is 0. The number of benzene rings is 1. The van der Waals surface area contributed by atoms with Crippen molar-refractivity contribution in [1.82, 2.24) is 5.32 Å². The van der Waals surface area contributed by atoms with Crippen molar-refractivity contribution in [2.75, 3.05) is 0 Å². The number of hydrogen-bond acceptors (Lipinski definition) is 1. The molecular formula is C14H22BrN. The lowest BCUT2D eigenvalue weighted by Gasteiger charge is -2.16. The molecule has 1 rings (SSSR count). The van der Waals surface area contributed by atoms with Crippen molar-refractivity contribution in [3.8, 4) is 0 Å². The fraction of sp³-hybridized carbons (Fsp3) is 0.571. The normalized spacial score (nSPS) is 11.1. The van der Waals surface area contributed by atoms with Crippen molar-refractivity contribution < 1.29 is 0 Å². The molecule has 0 bridgehead atoms. The van der Waals surface area contributed by atoms with Crippen LogP contribution in [0.15, 0.2) is 16.6 Å². The molecule has 16 heavy (non-hydrogen) atoms. The Kier molecular flexibility index (Phi) is 5.50. The topological polar surface area (TPSA) is 12.0 Å². The molecule has 0 saturated heterocycles. The van der Waals surface area contributed by atoms with E-state index in [0.29, 0.717) is 6.04 Å². The predicted octanol–water partition coefficient (Wildman–Crippen LogP) is 4.34. The lowest BCUT2D eigenvalue weighted by Crippen LogP contribution is -2.27. The minimum Gasteiger partial charge on any atom is -0.310 e. The fourth-order valence-electron chi connectivity index (χ4n) is 1.88. The van der Waals surface area contributed by atoms with Gasteiger partial charge in [-0.3, -0.25) is 0 Å². The van der Waals surface area contributed by atoms with E-state index >= 15 is 0 Å². The molecule has 0 spiro atoms. The van der Waals surface area contributed by atoms with Crippen LogP contribution in [0.2, 0.25) is 0 Å². The Morgan fingerprint density at radius 1 is 1.19 bits per heavy atom. The third-order valence-corrected chi connectivity index (χ3v) is 4.48. The first-order chi connectivity index (χ1) is 7.60. The van der Waals surface area contributed by atoms with E-state index in [-0.39, 0.29) is 0 Å². The summed E-state index contributed by atoms with van der Waals surface area (Å²) in [6.07, 6.45) is 2.39. The van der Waals surface area contributed by atoms with Crippen molar-refractivity contribution in [3.05, 3.63) is 33.3 Å². The van der Waals surface area contributed by atoms with Crippen molar-refractivity contribution in [1.29, 1.82) is 0 Å². The van der Waals surface area contributed by atoms with E-state index in [1.807, 2.05) is 0 Å². The zero-order chi connectivity index (χ0) is 12.1. The van der Waals surface area contributed by atoms with E-state index < -0.39 is 0 Å². The molecule has 0 aliphatic heterocycles. The summed E-state index contributed by atoms with van der Waals surface area (Å²) in [4.78, 5) is 0. The zero-order valence-electron chi connectivity index (χ0n) is 10.7. The molecule has 0 unspecified atom stereocenters. The summed E-state index contributed by atoms with van der Waals surface area (Å²) in [6.45, 7) is 9.76. The molecule has 0 saturated carbocycles.